The van der Waals surface area contributed by atoms with Gasteiger partial charge in [0.15, 0.2) is 0 Å². The fourth-order valence-electron chi connectivity index (χ4n) is 1.56. The van der Waals surface area contributed by atoms with Crippen molar-refractivity contribution in [3.8, 4) is 0 Å². The average Bonchev–Trinajstić information content (AvgIpc) is 2.62. The van der Waals surface area contributed by atoms with E-state index in [9.17, 15) is 9.59 Å². The van der Waals surface area contributed by atoms with E-state index < -0.39 is 11.7 Å². The smallest absolute Gasteiger partial charge is 0.426 e. The fourth-order valence-corrected chi connectivity index (χ4v) is 1.56. The maximum atomic E-state index is 11.5. The predicted octanol–water partition coefficient (Wildman–Crippen LogP) is 1.31. The van der Waals surface area contributed by atoms with E-state index in [0.717, 1.165) is 0 Å². The molecule has 12 heteroatoms. The van der Waals surface area contributed by atoms with Crippen molar-refractivity contribution in [3.05, 3.63) is 10.4 Å². The van der Waals surface area contributed by atoms with Crippen LogP contribution in [0.4, 0.5) is 4.79 Å². The first-order valence-corrected chi connectivity index (χ1v) is 8.95. The first-order valence-electron chi connectivity index (χ1n) is 8.95. The number of carbonyl (C=O) groups excluding carboxylic acids is 2. The van der Waals surface area contributed by atoms with Crippen molar-refractivity contribution in [1.29, 1.82) is 0 Å². The lowest BCUT2D eigenvalue weighted by Crippen LogP contribution is -2.44. The zero-order valence-corrected chi connectivity index (χ0v) is 16.8. The van der Waals surface area contributed by atoms with Gasteiger partial charge in [-0.1, -0.05) is 5.11 Å². The quantitative estimate of drug-likeness (QED) is 0.137. The molecule has 12 nitrogen and oxygen atoms in total. The van der Waals surface area contributed by atoms with E-state index in [0.29, 0.717) is 52.8 Å². The fraction of sp³-hybridized carbons (Fsp3) is 0.875. The van der Waals surface area contributed by atoms with Gasteiger partial charge in [-0.3, -0.25) is 10.2 Å². The molecule has 0 aromatic heterocycles. The highest BCUT2D eigenvalue weighted by Gasteiger charge is 2.16. The maximum absolute atomic E-state index is 11.5. The van der Waals surface area contributed by atoms with Gasteiger partial charge in [-0.15, -0.1) is 0 Å². The second kappa shape index (κ2) is 17.0. The summed E-state index contributed by atoms with van der Waals surface area (Å²) < 4.78 is 26.0. The van der Waals surface area contributed by atoms with Gasteiger partial charge in [0, 0.05) is 11.5 Å². The monoisotopic (exact) mass is 405 g/mol. The van der Waals surface area contributed by atoms with Crippen LogP contribution in [0.2, 0.25) is 0 Å². The van der Waals surface area contributed by atoms with Crippen molar-refractivity contribution in [3.63, 3.8) is 0 Å². The molecule has 0 aromatic rings. The molecule has 0 heterocycles. The summed E-state index contributed by atoms with van der Waals surface area (Å²) in [7, 11) is 0. The van der Waals surface area contributed by atoms with E-state index in [1.807, 2.05) is 0 Å². The third kappa shape index (κ3) is 20.2. The van der Waals surface area contributed by atoms with Crippen LogP contribution in [0, 0.1) is 0 Å². The zero-order valence-electron chi connectivity index (χ0n) is 16.8. The molecule has 0 unspecified atom stereocenters. The third-order valence-electron chi connectivity index (χ3n) is 2.69. The largest absolute Gasteiger partial charge is 0.443 e. The molecule has 0 aliphatic rings. The van der Waals surface area contributed by atoms with Gasteiger partial charge in [0.1, 0.15) is 5.60 Å². The van der Waals surface area contributed by atoms with Gasteiger partial charge >= 0.3 is 6.09 Å². The van der Waals surface area contributed by atoms with E-state index in [4.69, 9.17) is 29.2 Å². The molecule has 2 N–H and O–H groups in total. The molecule has 0 rings (SSSR count). The summed E-state index contributed by atoms with van der Waals surface area (Å²) in [6, 6.07) is 0. The lowest BCUT2D eigenvalue weighted by molar-refractivity contribution is -0.123. The minimum absolute atomic E-state index is 0.0958. The molecule has 0 aliphatic heterocycles. The van der Waals surface area contributed by atoms with Gasteiger partial charge in [0.05, 0.1) is 59.3 Å². The summed E-state index contributed by atoms with van der Waals surface area (Å²) in [5.74, 6) is -0.387. The Morgan fingerprint density at radius 1 is 0.857 bits per heavy atom. The summed E-state index contributed by atoms with van der Waals surface area (Å²) >= 11 is 0. The molecule has 2 amide bonds. The predicted molar refractivity (Wildman–Crippen MR) is 99.4 cm³/mol. The van der Waals surface area contributed by atoms with Crippen molar-refractivity contribution in [2.75, 3.05) is 59.4 Å². The SMILES string of the molecule is CC(C)(C)OC(=O)NNC(=O)CCOCCOCCOCCOCCN=[N+]=[N-]. The number of hydrogen-bond donors (Lipinski definition) is 2. The van der Waals surface area contributed by atoms with Gasteiger partial charge in [-0.25, -0.2) is 10.2 Å². The van der Waals surface area contributed by atoms with Crippen LogP contribution < -0.4 is 10.9 Å². The van der Waals surface area contributed by atoms with E-state index in [1.54, 1.807) is 20.8 Å². The van der Waals surface area contributed by atoms with E-state index in [1.165, 1.54) is 0 Å². The number of hydrogen-bond acceptors (Lipinski definition) is 8. The minimum Gasteiger partial charge on any atom is -0.443 e. The number of rotatable bonds is 15. The summed E-state index contributed by atoms with van der Waals surface area (Å²) in [5.41, 5.74) is 11.8. The van der Waals surface area contributed by atoms with Crippen LogP contribution in [0.25, 0.3) is 10.4 Å². The van der Waals surface area contributed by atoms with Crippen molar-refractivity contribution in [1.82, 2.24) is 10.9 Å². The van der Waals surface area contributed by atoms with Crippen LogP contribution in [-0.2, 0) is 28.5 Å². The first-order chi connectivity index (χ1) is 13.3. The topological polar surface area (TPSA) is 153 Å². The lowest BCUT2D eigenvalue weighted by Gasteiger charge is -2.19. The number of nitrogens with one attached hydrogen (secondary N) is 2. The molecule has 0 saturated heterocycles. The summed E-state index contributed by atoms with van der Waals surface area (Å²) in [6.07, 6.45) is -0.629. The minimum atomic E-state index is -0.725. The van der Waals surface area contributed by atoms with Gasteiger partial charge in [0.25, 0.3) is 0 Å². The highest BCUT2D eigenvalue weighted by atomic mass is 16.6. The second-order valence-electron chi connectivity index (χ2n) is 6.33. The highest BCUT2D eigenvalue weighted by Crippen LogP contribution is 2.05. The van der Waals surface area contributed by atoms with Gasteiger partial charge in [0.2, 0.25) is 5.91 Å². The maximum Gasteiger partial charge on any atom is 0.426 e. The number of hydrazine groups is 1. The van der Waals surface area contributed by atoms with E-state index in [-0.39, 0.29) is 18.9 Å². The molecule has 0 fully saturated rings. The normalized spacial score (nSPS) is 10.8. The Morgan fingerprint density at radius 3 is 1.86 bits per heavy atom. The molecule has 28 heavy (non-hydrogen) atoms. The Labute approximate surface area is 164 Å². The Bertz CT molecular complexity index is 478. The molecule has 0 bridgehead atoms. The number of nitrogens with zero attached hydrogens (tertiary/aromatic N) is 3. The molecule has 0 saturated carbocycles. The lowest BCUT2D eigenvalue weighted by atomic mass is 10.2. The molecule has 0 radical (unpaired) electrons. The highest BCUT2D eigenvalue weighted by molar-refractivity contribution is 5.79. The Kier molecular flexibility index (Phi) is 15.7. The van der Waals surface area contributed by atoms with Crippen LogP contribution in [0.1, 0.15) is 27.2 Å². The van der Waals surface area contributed by atoms with Crippen molar-refractivity contribution < 1.29 is 33.3 Å². The average molecular weight is 405 g/mol. The van der Waals surface area contributed by atoms with Gasteiger partial charge < -0.3 is 23.7 Å². The molecule has 0 atom stereocenters. The van der Waals surface area contributed by atoms with Crippen LogP contribution in [0.3, 0.4) is 0 Å². The Morgan fingerprint density at radius 2 is 1.36 bits per heavy atom. The first kappa shape index (κ1) is 25.9. The number of ether oxygens (including phenoxy) is 5. The molecule has 0 aromatic carbocycles. The molecule has 162 valence electrons. The second-order valence-corrected chi connectivity index (χ2v) is 6.33. The van der Waals surface area contributed by atoms with Crippen molar-refractivity contribution >= 4 is 12.0 Å². The van der Waals surface area contributed by atoms with Crippen LogP contribution in [-0.4, -0.2) is 77.0 Å². The summed E-state index contributed by atoms with van der Waals surface area (Å²) in [5, 5.41) is 3.34. The molecular formula is C16H31N5O7. The zero-order chi connectivity index (χ0) is 21.1. The van der Waals surface area contributed by atoms with Crippen LogP contribution >= 0.6 is 0 Å². The van der Waals surface area contributed by atoms with Crippen molar-refractivity contribution in [2.45, 2.75) is 32.8 Å². The van der Waals surface area contributed by atoms with E-state index in [2.05, 4.69) is 20.9 Å². The summed E-state index contributed by atoms with van der Waals surface area (Å²) in [4.78, 5) is 25.5. The molecule has 0 spiro atoms. The number of amides is 2. The van der Waals surface area contributed by atoms with Gasteiger partial charge in [-0.2, -0.15) is 0 Å². The van der Waals surface area contributed by atoms with Crippen LogP contribution in [0.5, 0.6) is 0 Å². The number of azide groups is 1. The van der Waals surface area contributed by atoms with Gasteiger partial charge in [-0.05, 0) is 26.3 Å². The van der Waals surface area contributed by atoms with E-state index >= 15 is 0 Å². The molecular weight excluding hydrogens is 374 g/mol. The number of carbonyl (C=O) groups is 2. The Balaban J connectivity index is 3.31. The summed E-state index contributed by atoms with van der Waals surface area (Å²) in [6.45, 7) is 8.48. The third-order valence-corrected chi connectivity index (χ3v) is 2.69. The Hall–Kier alpha value is -2.11. The van der Waals surface area contributed by atoms with Crippen LogP contribution in [0.15, 0.2) is 5.11 Å². The standard InChI is InChI=1S/C16H31N5O7/c1-16(2,3)28-15(23)20-19-14(22)4-6-24-8-10-26-12-13-27-11-9-25-7-5-18-21-17/h4-13H2,1-3H3,(H,19,22)(H,20,23). The molecule has 0 aliphatic carbocycles. The van der Waals surface area contributed by atoms with Crippen molar-refractivity contribution in [2.24, 2.45) is 5.11 Å².